The molecule has 1 heterocycles. The minimum Gasteiger partial charge on any atom is -0.339 e. The van der Waals surface area contributed by atoms with Crippen LogP contribution < -0.4 is 0 Å². The van der Waals surface area contributed by atoms with Crippen molar-refractivity contribution in [1.82, 2.24) is 4.90 Å². The minimum absolute atomic E-state index is 0.0320. The molecule has 1 saturated heterocycles. The highest BCUT2D eigenvalue weighted by Gasteiger charge is 2.41. The monoisotopic (exact) mass is 349 g/mol. The summed E-state index contributed by atoms with van der Waals surface area (Å²) in [7, 11) is -3.02. The number of benzene rings is 1. The van der Waals surface area contributed by atoms with E-state index < -0.39 is 9.84 Å². The van der Waals surface area contributed by atoms with Crippen LogP contribution in [0.5, 0.6) is 0 Å². The Bertz CT molecular complexity index is 692. The summed E-state index contributed by atoms with van der Waals surface area (Å²) < 4.78 is 23.4. The molecular formula is C19H27NO3S. The molecule has 2 atom stereocenters. The van der Waals surface area contributed by atoms with Crippen LogP contribution in [0.15, 0.2) is 24.3 Å². The van der Waals surface area contributed by atoms with E-state index in [2.05, 4.69) is 31.2 Å². The third-order valence-corrected chi connectivity index (χ3v) is 7.11. The third kappa shape index (κ3) is 4.00. The Hall–Kier alpha value is -1.36. The first-order valence-electron chi connectivity index (χ1n) is 8.96. The van der Waals surface area contributed by atoms with Crippen LogP contribution >= 0.6 is 0 Å². The van der Waals surface area contributed by atoms with Crippen molar-refractivity contribution in [3.8, 4) is 0 Å². The van der Waals surface area contributed by atoms with Crippen LogP contribution in [0.4, 0.5) is 0 Å². The maximum Gasteiger partial charge on any atom is 0.226 e. The molecule has 0 radical (unpaired) electrons. The zero-order valence-corrected chi connectivity index (χ0v) is 15.4. The number of rotatable bonds is 6. The third-order valence-electron chi connectivity index (χ3n) is 5.34. The number of hydrogen-bond acceptors (Lipinski definition) is 3. The van der Waals surface area contributed by atoms with Gasteiger partial charge in [-0.15, -0.1) is 0 Å². The molecule has 0 aromatic heterocycles. The summed E-state index contributed by atoms with van der Waals surface area (Å²) in [6.07, 6.45) is 3.69. The fraction of sp³-hybridized carbons (Fsp3) is 0.632. The molecule has 5 heteroatoms. The van der Waals surface area contributed by atoms with E-state index in [1.807, 2.05) is 11.8 Å². The van der Waals surface area contributed by atoms with E-state index in [0.717, 1.165) is 6.42 Å². The molecule has 3 rings (SSSR count). The van der Waals surface area contributed by atoms with Crippen molar-refractivity contribution in [2.45, 2.75) is 45.6 Å². The van der Waals surface area contributed by atoms with Crippen molar-refractivity contribution in [3.63, 3.8) is 0 Å². The van der Waals surface area contributed by atoms with Crippen LogP contribution in [0.3, 0.4) is 0 Å². The lowest BCUT2D eigenvalue weighted by Crippen LogP contribution is -2.46. The Morgan fingerprint density at radius 3 is 2.38 bits per heavy atom. The summed E-state index contributed by atoms with van der Waals surface area (Å²) in [4.78, 5) is 14.9. The van der Waals surface area contributed by atoms with Crippen molar-refractivity contribution in [3.05, 3.63) is 35.4 Å². The second kappa shape index (κ2) is 6.87. The van der Waals surface area contributed by atoms with Crippen LogP contribution in [0, 0.1) is 18.8 Å². The number of likely N-dealkylation sites (N-methyl/N-ethyl adjacent to an activating group) is 1. The van der Waals surface area contributed by atoms with E-state index >= 15 is 0 Å². The predicted octanol–water partition coefficient (Wildman–Crippen LogP) is 2.60. The maximum absolute atomic E-state index is 12.9. The number of nitrogens with zero attached hydrogens (tertiary/aromatic N) is 1. The highest BCUT2D eigenvalue weighted by molar-refractivity contribution is 7.91. The number of carbonyl (C=O) groups is 1. The highest BCUT2D eigenvalue weighted by atomic mass is 32.2. The second-order valence-electron chi connectivity index (χ2n) is 7.32. The number of amides is 1. The van der Waals surface area contributed by atoms with Gasteiger partial charge in [-0.3, -0.25) is 4.79 Å². The Morgan fingerprint density at radius 2 is 1.88 bits per heavy atom. The summed E-state index contributed by atoms with van der Waals surface area (Å²) in [5.74, 6) is 0.460. The molecule has 1 aliphatic carbocycles. The zero-order chi connectivity index (χ0) is 17.3. The average Bonchev–Trinajstić information content (AvgIpc) is 3.32. The van der Waals surface area contributed by atoms with Crippen molar-refractivity contribution in [1.29, 1.82) is 0 Å². The lowest BCUT2D eigenvalue weighted by Gasteiger charge is -2.33. The van der Waals surface area contributed by atoms with Gasteiger partial charge >= 0.3 is 0 Å². The Kier molecular flexibility index (Phi) is 5.00. The normalized spacial score (nSPS) is 23.8. The van der Waals surface area contributed by atoms with E-state index in [0.29, 0.717) is 18.9 Å². The Labute approximate surface area is 145 Å². The number of carbonyl (C=O) groups excluding carboxylic acids is 1. The first kappa shape index (κ1) is 17.5. The van der Waals surface area contributed by atoms with Gasteiger partial charge in [0.2, 0.25) is 5.91 Å². The summed E-state index contributed by atoms with van der Waals surface area (Å²) in [5.41, 5.74) is 2.49. The van der Waals surface area contributed by atoms with Crippen molar-refractivity contribution >= 4 is 15.7 Å². The molecule has 2 aliphatic rings. The topological polar surface area (TPSA) is 54.5 Å². The van der Waals surface area contributed by atoms with Crippen molar-refractivity contribution in [2.75, 3.05) is 18.1 Å². The van der Waals surface area contributed by atoms with E-state index in [4.69, 9.17) is 0 Å². The molecule has 1 saturated carbocycles. The van der Waals surface area contributed by atoms with E-state index in [1.165, 1.54) is 24.0 Å². The molecule has 0 unspecified atom stereocenters. The van der Waals surface area contributed by atoms with E-state index in [9.17, 15) is 13.2 Å². The van der Waals surface area contributed by atoms with Gasteiger partial charge in [-0.1, -0.05) is 29.8 Å². The highest BCUT2D eigenvalue weighted by Crippen LogP contribution is 2.38. The van der Waals surface area contributed by atoms with E-state index in [-0.39, 0.29) is 29.4 Å². The number of hydrogen-bond donors (Lipinski definition) is 0. The lowest BCUT2D eigenvalue weighted by atomic mass is 9.97. The molecule has 1 aromatic carbocycles. The van der Waals surface area contributed by atoms with Crippen molar-refractivity contribution in [2.24, 2.45) is 11.8 Å². The fourth-order valence-electron chi connectivity index (χ4n) is 3.76. The van der Waals surface area contributed by atoms with Crippen LogP contribution in [0.1, 0.15) is 37.3 Å². The summed E-state index contributed by atoms with van der Waals surface area (Å²) >= 11 is 0. The molecule has 24 heavy (non-hydrogen) atoms. The number of aryl methyl sites for hydroxylation is 1. The molecule has 0 spiro atoms. The largest absolute Gasteiger partial charge is 0.339 e. The van der Waals surface area contributed by atoms with Crippen LogP contribution in [-0.4, -0.2) is 43.3 Å². The summed E-state index contributed by atoms with van der Waals surface area (Å²) in [5, 5.41) is 0. The van der Waals surface area contributed by atoms with Gasteiger partial charge in [-0.2, -0.15) is 0 Å². The predicted molar refractivity (Wildman–Crippen MR) is 95.5 cm³/mol. The number of sulfone groups is 1. The molecular weight excluding hydrogens is 322 g/mol. The van der Waals surface area contributed by atoms with Crippen LogP contribution in [0.25, 0.3) is 0 Å². The Morgan fingerprint density at radius 1 is 1.21 bits per heavy atom. The first-order chi connectivity index (χ1) is 11.4. The molecule has 132 valence electrons. The minimum atomic E-state index is -3.02. The van der Waals surface area contributed by atoms with Gasteiger partial charge < -0.3 is 4.90 Å². The molecule has 4 nitrogen and oxygen atoms in total. The quantitative estimate of drug-likeness (QED) is 0.793. The summed E-state index contributed by atoms with van der Waals surface area (Å²) in [6.45, 7) is 4.73. The Balaban J connectivity index is 1.75. The maximum atomic E-state index is 12.9. The van der Waals surface area contributed by atoms with Gasteiger partial charge in [0.05, 0.1) is 17.4 Å². The smallest absolute Gasteiger partial charge is 0.226 e. The molecule has 1 amide bonds. The lowest BCUT2D eigenvalue weighted by molar-refractivity contribution is -0.137. The second-order valence-corrected chi connectivity index (χ2v) is 9.55. The van der Waals surface area contributed by atoms with E-state index in [1.54, 1.807) is 0 Å². The molecule has 0 bridgehead atoms. The molecule has 1 aliphatic heterocycles. The molecule has 1 aromatic rings. The van der Waals surface area contributed by atoms with Gasteiger partial charge in [0.1, 0.15) is 0 Å². The van der Waals surface area contributed by atoms with Crippen LogP contribution in [-0.2, 0) is 21.1 Å². The molecule has 0 N–H and O–H groups in total. The average molecular weight is 349 g/mol. The fourth-order valence-corrected chi connectivity index (χ4v) is 5.49. The van der Waals surface area contributed by atoms with Crippen LogP contribution in [0.2, 0.25) is 0 Å². The van der Waals surface area contributed by atoms with Gasteiger partial charge in [0, 0.05) is 12.6 Å². The van der Waals surface area contributed by atoms with Crippen molar-refractivity contribution < 1.29 is 13.2 Å². The van der Waals surface area contributed by atoms with Gasteiger partial charge in [0.25, 0.3) is 0 Å². The first-order valence-corrected chi connectivity index (χ1v) is 10.8. The van der Waals surface area contributed by atoms with Gasteiger partial charge in [-0.05, 0) is 51.0 Å². The zero-order valence-electron chi connectivity index (χ0n) is 14.6. The standard InChI is InChI=1S/C19H27NO3S/c1-3-20(19(21)17-10-11-24(22,23)13-17)18(16-8-9-16)12-15-6-4-14(2)5-7-15/h4-7,16-18H,3,8-13H2,1-2H3/t17-,18-/m1/s1. The van der Waals surface area contributed by atoms with Gasteiger partial charge in [-0.25, -0.2) is 8.42 Å². The van der Waals surface area contributed by atoms with Gasteiger partial charge in [0.15, 0.2) is 9.84 Å². The summed E-state index contributed by atoms with van der Waals surface area (Å²) in [6, 6.07) is 8.71. The SMILES string of the molecule is CCN(C(=O)[C@@H]1CCS(=O)(=O)C1)[C@H](Cc1ccc(C)cc1)C1CC1. The molecule has 2 fully saturated rings.